The van der Waals surface area contributed by atoms with E-state index in [-0.39, 0.29) is 46.4 Å². The fourth-order valence-corrected chi connectivity index (χ4v) is 1.03. The summed E-state index contributed by atoms with van der Waals surface area (Å²) < 4.78 is 0. The van der Waals surface area contributed by atoms with Gasteiger partial charge in [0.2, 0.25) is 0 Å². The Morgan fingerprint density at radius 3 is 1.43 bits per heavy atom. The van der Waals surface area contributed by atoms with Gasteiger partial charge in [0.05, 0.1) is 11.4 Å². The molecule has 76 valence electrons. The summed E-state index contributed by atoms with van der Waals surface area (Å²) in [5, 5.41) is 0. The second kappa shape index (κ2) is 7.11. The second-order valence-corrected chi connectivity index (χ2v) is 2.43. The van der Waals surface area contributed by atoms with Crippen molar-refractivity contribution in [3.8, 4) is 11.4 Å². The first-order valence-electron chi connectivity index (χ1n) is 3.79. The molecule has 2 heterocycles. The van der Waals surface area contributed by atoms with Crippen molar-refractivity contribution in [2.75, 3.05) is 0 Å². The molecule has 0 aliphatic heterocycles. The number of hydrogen-bond acceptors (Lipinski definition) is 2. The maximum absolute atomic E-state index is 4.19. The Balaban J connectivity index is 0.000000845. The summed E-state index contributed by atoms with van der Waals surface area (Å²) in [4.78, 5) is 8.37. The Bertz CT molecular complexity index is 316. The molecule has 0 bridgehead atoms. The van der Waals surface area contributed by atoms with Gasteiger partial charge >= 0.3 is 22.4 Å². The molecule has 4 heteroatoms. The summed E-state index contributed by atoms with van der Waals surface area (Å²) in [6.07, 6.45) is 3.54. The first-order valence-corrected chi connectivity index (χ1v) is 3.79. The summed E-state index contributed by atoms with van der Waals surface area (Å²) in [6.45, 7) is 0. The summed E-state index contributed by atoms with van der Waals surface area (Å²) in [5.74, 6) is 0. The van der Waals surface area contributed by atoms with E-state index in [4.69, 9.17) is 0 Å². The summed E-state index contributed by atoms with van der Waals surface area (Å²) in [5.41, 5.74) is 1.83. The van der Waals surface area contributed by atoms with Gasteiger partial charge in [-0.3, -0.25) is 9.97 Å². The average Bonchev–Trinajstić information content (AvgIpc) is 2.21. The molecule has 0 fully saturated rings. The molecule has 2 aromatic rings. The van der Waals surface area contributed by atoms with Gasteiger partial charge < -0.3 is 24.0 Å². The van der Waals surface area contributed by atoms with E-state index in [1.54, 1.807) is 12.4 Å². The van der Waals surface area contributed by atoms with Crippen LogP contribution in [-0.4, -0.2) is 9.97 Å². The van der Waals surface area contributed by atoms with E-state index in [1.807, 2.05) is 36.4 Å². The monoisotopic (exact) mass is 390 g/mol. The van der Waals surface area contributed by atoms with Crippen LogP contribution in [-0.2, 0) is 22.4 Å². The maximum atomic E-state index is 4.19. The minimum Gasteiger partial charge on any atom is -1.00 e. The molecule has 0 spiro atoms. The number of halogens is 1. The predicted octanol–water partition coefficient (Wildman–Crippen LogP) is -0.855. The molecule has 0 saturated heterocycles. The minimum atomic E-state index is 0. The Morgan fingerprint density at radius 1 is 0.714 bits per heavy atom. The molecule has 0 atom stereocenters. The van der Waals surface area contributed by atoms with Crippen LogP contribution in [0.4, 0.5) is 0 Å². The molecule has 2 rings (SSSR count). The van der Waals surface area contributed by atoms with E-state index in [1.165, 1.54) is 0 Å². The quantitative estimate of drug-likeness (QED) is 0.468. The average molecular weight is 391 g/mol. The van der Waals surface area contributed by atoms with Crippen molar-refractivity contribution >= 4 is 0 Å². The van der Waals surface area contributed by atoms with Gasteiger partial charge in [0.15, 0.2) is 0 Å². The topological polar surface area (TPSA) is 25.8 Å². The molecule has 0 unspecified atom stereocenters. The van der Waals surface area contributed by atoms with Crippen LogP contribution in [0, 0.1) is 0 Å². The third-order valence-electron chi connectivity index (χ3n) is 1.59. The zero-order valence-electron chi connectivity index (χ0n) is 7.19. The van der Waals surface area contributed by atoms with Gasteiger partial charge in [-0.2, -0.15) is 0 Å². The van der Waals surface area contributed by atoms with Crippen LogP contribution in [0.5, 0.6) is 0 Å². The van der Waals surface area contributed by atoms with Crippen LogP contribution in [0.1, 0.15) is 0 Å². The van der Waals surface area contributed by atoms with E-state index in [9.17, 15) is 0 Å². The van der Waals surface area contributed by atoms with Gasteiger partial charge in [-0.15, -0.1) is 0 Å². The fourth-order valence-electron chi connectivity index (χ4n) is 1.03. The first kappa shape index (κ1) is 13.8. The normalized spacial score (nSPS) is 8.29. The van der Waals surface area contributed by atoms with Gasteiger partial charge in [-0.05, 0) is 24.3 Å². The Morgan fingerprint density at radius 2 is 1.14 bits per heavy atom. The molecule has 14 heavy (non-hydrogen) atoms. The van der Waals surface area contributed by atoms with Crippen molar-refractivity contribution in [3.05, 3.63) is 48.8 Å². The Hall–Kier alpha value is -0.230. The smallest absolute Gasteiger partial charge is 1.00 e. The number of aromatic nitrogens is 2. The van der Waals surface area contributed by atoms with Crippen molar-refractivity contribution in [2.45, 2.75) is 0 Å². The molecule has 0 N–H and O–H groups in total. The van der Waals surface area contributed by atoms with Crippen molar-refractivity contribution in [1.29, 1.82) is 0 Å². The summed E-state index contributed by atoms with van der Waals surface area (Å²) in [6, 6.07) is 11.6. The third-order valence-corrected chi connectivity index (χ3v) is 1.59. The van der Waals surface area contributed by atoms with Gasteiger partial charge in [0.1, 0.15) is 0 Å². The molecule has 0 aliphatic carbocycles. The number of rotatable bonds is 1. The molecule has 0 aliphatic rings. The number of hydrogen-bond donors (Lipinski definition) is 0. The molecule has 0 radical (unpaired) electrons. The van der Waals surface area contributed by atoms with E-state index in [0.29, 0.717) is 0 Å². The SMILES string of the molecule is [Ag+].[I-].c1ccc(-c2ccccn2)nc1. The number of pyridine rings is 2. The van der Waals surface area contributed by atoms with E-state index < -0.39 is 0 Å². The minimum absolute atomic E-state index is 0. The van der Waals surface area contributed by atoms with Crippen LogP contribution in [0.15, 0.2) is 48.8 Å². The van der Waals surface area contributed by atoms with Crippen molar-refractivity contribution in [1.82, 2.24) is 9.97 Å². The Kier molecular flexibility index (Phi) is 7.00. The van der Waals surface area contributed by atoms with Gasteiger partial charge in [-0.1, -0.05) is 12.1 Å². The van der Waals surface area contributed by atoms with Crippen LogP contribution in [0.3, 0.4) is 0 Å². The Labute approximate surface area is 116 Å². The fraction of sp³-hybridized carbons (Fsp3) is 0. The third kappa shape index (κ3) is 3.49. The van der Waals surface area contributed by atoms with E-state index in [2.05, 4.69) is 9.97 Å². The molecular formula is C10H8AgIN2. The molecule has 0 amide bonds. The van der Waals surface area contributed by atoms with E-state index >= 15 is 0 Å². The van der Waals surface area contributed by atoms with Crippen LogP contribution in [0.25, 0.3) is 11.4 Å². The van der Waals surface area contributed by atoms with Crippen molar-refractivity contribution in [3.63, 3.8) is 0 Å². The second-order valence-electron chi connectivity index (χ2n) is 2.43. The molecule has 2 aromatic heterocycles. The predicted molar refractivity (Wildman–Crippen MR) is 47.5 cm³/mol. The van der Waals surface area contributed by atoms with Crippen molar-refractivity contribution in [2.24, 2.45) is 0 Å². The van der Waals surface area contributed by atoms with Crippen LogP contribution in [0.2, 0.25) is 0 Å². The zero-order chi connectivity index (χ0) is 8.23. The van der Waals surface area contributed by atoms with Crippen LogP contribution < -0.4 is 24.0 Å². The molecule has 0 saturated carbocycles. The standard InChI is InChI=1S/C10H8N2.Ag.HI/c1-3-7-11-9(5-1)10-6-2-4-8-12-10;;/h1-8H;;1H/q;+1;/p-1. The molecule has 2 nitrogen and oxygen atoms in total. The molecular weight excluding hydrogens is 383 g/mol. The van der Waals surface area contributed by atoms with Gasteiger partial charge in [-0.25, -0.2) is 0 Å². The maximum Gasteiger partial charge on any atom is 1.00 e. The van der Waals surface area contributed by atoms with Crippen molar-refractivity contribution < 1.29 is 46.4 Å². The van der Waals surface area contributed by atoms with E-state index in [0.717, 1.165) is 11.4 Å². The molecule has 0 aromatic carbocycles. The zero-order valence-corrected chi connectivity index (χ0v) is 10.8. The first-order chi connectivity index (χ1) is 5.97. The van der Waals surface area contributed by atoms with Gasteiger partial charge in [0.25, 0.3) is 0 Å². The largest absolute Gasteiger partial charge is 1.00 e. The summed E-state index contributed by atoms with van der Waals surface area (Å²) in [7, 11) is 0. The summed E-state index contributed by atoms with van der Waals surface area (Å²) >= 11 is 0. The van der Waals surface area contributed by atoms with Gasteiger partial charge in [0, 0.05) is 12.4 Å². The van der Waals surface area contributed by atoms with Crippen LogP contribution >= 0.6 is 0 Å². The number of nitrogens with zero attached hydrogens (tertiary/aromatic N) is 2.